The summed E-state index contributed by atoms with van der Waals surface area (Å²) in [5.74, 6) is -3.08. The fourth-order valence-electron chi connectivity index (χ4n) is 13.4. The van der Waals surface area contributed by atoms with Gasteiger partial charge in [-0.25, -0.2) is 9.59 Å². The van der Waals surface area contributed by atoms with Gasteiger partial charge in [0.2, 0.25) is 0 Å². The maximum absolute atomic E-state index is 13.2. The van der Waals surface area contributed by atoms with Crippen molar-refractivity contribution in [1.29, 1.82) is 0 Å². The van der Waals surface area contributed by atoms with Crippen molar-refractivity contribution in [1.82, 2.24) is 0 Å². The molecule has 0 aromatic heterocycles. The first-order valence-corrected chi connectivity index (χ1v) is 22.6. The van der Waals surface area contributed by atoms with Crippen LogP contribution >= 0.6 is 34.8 Å². The molecular formula is C45H65Cl3O12. The summed E-state index contributed by atoms with van der Waals surface area (Å²) in [6.45, 7) is 20.9. The van der Waals surface area contributed by atoms with Crippen molar-refractivity contribution in [3.8, 4) is 0 Å². The lowest BCUT2D eigenvalue weighted by molar-refractivity contribution is -0.327. The maximum Gasteiger partial charge on any atom is 0.359 e. The Morgan fingerprint density at radius 2 is 1.40 bits per heavy atom. The Morgan fingerprint density at radius 3 is 2.00 bits per heavy atom. The first-order chi connectivity index (χ1) is 27.7. The van der Waals surface area contributed by atoms with Crippen LogP contribution in [0.3, 0.4) is 0 Å². The summed E-state index contributed by atoms with van der Waals surface area (Å²) in [6, 6.07) is 0. The minimum absolute atomic E-state index is 0.00781. The Morgan fingerprint density at radius 1 is 0.767 bits per heavy atom. The molecule has 6 aliphatic rings. The minimum Gasteiger partial charge on any atom is -0.467 e. The Balaban J connectivity index is 1.31. The van der Waals surface area contributed by atoms with E-state index >= 15 is 0 Å². The quantitative estimate of drug-likeness (QED) is 0.0754. The lowest BCUT2D eigenvalue weighted by atomic mass is 9.33. The van der Waals surface area contributed by atoms with Gasteiger partial charge in [0.05, 0.1) is 19.8 Å². The molecule has 5 fully saturated rings. The predicted octanol–water partition coefficient (Wildman–Crippen LogP) is 8.78. The molecule has 0 aromatic carbocycles. The second-order valence-corrected chi connectivity index (χ2v) is 23.0. The fraction of sp³-hybridized carbons (Fsp3) is 0.844. The average Bonchev–Trinajstić information content (AvgIpc) is 3.14. The van der Waals surface area contributed by atoms with Crippen molar-refractivity contribution in [2.75, 3.05) is 13.7 Å². The molecule has 0 amide bonds. The van der Waals surface area contributed by atoms with Crippen LogP contribution in [0.2, 0.25) is 0 Å². The molecule has 6 rings (SSSR count). The number of fused-ring (bicyclic) bond motifs is 7. The molecule has 15 heteroatoms. The first kappa shape index (κ1) is 47.4. The van der Waals surface area contributed by atoms with Crippen LogP contribution in [0.1, 0.15) is 133 Å². The van der Waals surface area contributed by atoms with Gasteiger partial charge in [0.1, 0.15) is 0 Å². The van der Waals surface area contributed by atoms with Gasteiger partial charge in [0.25, 0.3) is 3.79 Å². The lowest BCUT2D eigenvalue weighted by Gasteiger charge is -2.71. The second-order valence-electron chi connectivity index (χ2n) is 20.7. The van der Waals surface area contributed by atoms with Crippen molar-refractivity contribution in [2.24, 2.45) is 50.2 Å². The molecule has 0 bridgehead atoms. The molecule has 14 atom stereocenters. The number of ether oxygens (including phenoxy) is 7. The predicted molar refractivity (Wildman–Crippen MR) is 222 cm³/mol. The van der Waals surface area contributed by atoms with Gasteiger partial charge in [-0.1, -0.05) is 94.9 Å². The van der Waals surface area contributed by atoms with Crippen molar-refractivity contribution < 1.29 is 57.1 Å². The summed E-state index contributed by atoms with van der Waals surface area (Å²) in [4.78, 5) is 63.1. The fourth-order valence-corrected chi connectivity index (χ4v) is 13.5. The average molecular weight is 904 g/mol. The third kappa shape index (κ3) is 8.24. The van der Waals surface area contributed by atoms with Gasteiger partial charge in [-0.2, -0.15) is 0 Å². The Kier molecular flexibility index (Phi) is 13.0. The van der Waals surface area contributed by atoms with E-state index in [9.17, 15) is 24.0 Å². The molecule has 0 aromatic rings. The number of hydrogen-bond donors (Lipinski definition) is 0. The Labute approximate surface area is 370 Å². The molecule has 4 saturated carbocycles. The van der Waals surface area contributed by atoms with Crippen molar-refractivity contribution in [2.45, 2.75) is 174 Å². The topological polar surface area (TPSA) is 150 Å². The van der Waals surface area contributed by atoms with Crippen molar-refractivity contribution in [3.63, 3.8) is 0 Å². The van der Waals surface area contributed by atoms with Gasteiger partial charge in [-0.3, -0.25) is 14.4 Å². The smallest absolute Gasteiger partial charge is 0.359 e. The highest BCUT2D eigenvalue weighted by molar-refractivity contribution is 6.75. The number of methoxy groups -OCH3 is 1. The van der Waals surface area contributed by atoms with Crippen molar-refractivity contribution >= 4 is 64.6 Å². The zero-order valence-corrected chi connectivity index (χ0v) is 39.4. The SMILES string of the molecule is COC(=O)[C@H]1O[C@H](O[C@H]2CC[C@]3(C)[C@H]4CC=C5[C@@H]6C[C@@](C)(COC(C)=O)CC[C@]6(C)CC[C@@]5(C)[C@]4(C)CC[C@H]3C2(C)C)[C@H](OC(=O)C(Cl)(Cl)Cl)[C@@H](OC(C)=O)[C@@H]1OC(C)=O. The van der Waals surface area contributed by atoms with Crippen LogP contribution in [0.25, 0.3) is 0 Å². The molecule has 0 radical (unpaired) electrons. The minimum atomic E-state index is -2.54. The zero-order valence-electron chi connectivity index (χ0n) is 37.1. The number of esters is 5. The summed E-state index contributed by atoms with van der Waals surface area (Å²) >= 11 is 17.8. The van der Waals surface area contributed by atoms with Gasteiger partial charge >= 0.3 is 29.8 Å². The molecule has 12 nitrogen and oxygen atoms in total. The summed E-state index contributed by atoms with van der Waals surface area (Å²) in [6.07, 6.45) is 4.09. The largest absolute Gasteiger partial charge is 0.467 e. The standard InChI is InChI=1S/C45H65Cl3O12/c1-24(49)55-23-40(6)18-19-41(7)20-21-43(9)27(28(41)22-40)12-13-30-42(8)16-15-31(39(4,5)29(42)14-17-44(30,43)10)58-37-35(60-38(53)45(46,47)48)33(57-26(3)51)32(56-25(2)50)34(59-37)36(52)54-11/h12,28-35,37H,13-23H2,1-11H3/t28-,29-,30+,31-,32-,33-,34-,35+,37-,40-,41+,42-,43+,44+/m0/s1. The van der Waals surface area contributed by atoms with Crippen LogP contribution in [-0.2, 0) is 57.1 Å². The van der Waals surface area contributed by atoms with Crippen LogP contribution < -0.4 is 0 Å². The monoisotopic (exact) mass is 902 g/mol. The molecule has 0 N–H and O–H groups in total. The third-order valence-corrected chi connectivity index (χ3v) is 17.3. The van der Waals surface area contributed by atoms with Crippen molar-refractivity contribution in [3.05, 3.63) is 11.6 Å². The van der Waals surface area contributed by atoms with E-state index in [-0.39, 0.29) is 39.0 Å². The third-order valence-electron chi connectivity index (χ3n) is 16.8. The number of halogens is 3. The van der Waals surface area contributed by atoms with Gasteiger partial charge in [0.15, 0.2) is 30.7 Å². The number of alkyl halides is 3. The second kappa shape index (κ2) is 16.5. The number of rotatable bonds is 8. The van der Waals surface area contributed by atoms with Gasteiger partial charge in [0, 0.05) is 26.2 Å². The highest BCUT2D eigenvalue weighted by Crippen LogP contribution is 2.76. The summed E-state index contributed by atoms with van der Waals surface area (Å²) in [7, 11) is 1.14. The van der Waals surface area contributed by atoms with E-state index in [1.54, 1.807) is 5.57 Å². The maximum atomic E-state index is 13.2. The van der Waals surface area contributed by atoms with E-state index in [2.05, 4.69) is 54.5 Å². The van der Waals surface area contributed by atoms with E-state index in [1.807, 2.05) is 0 Å². The van der Waals surface area contributed by atoms with Crippen LogP contribution in [0.5, 0.6) is 0 Å². The van der Waals surface area contributed by atoms with E-state index < -0.39 is 69.9 Å². The molecule has 1 aliphatic heterocycles. The molecule has 5 aliphatic carbocycles. The van der Waals surface area contributed by atoms with Crippen LogP contribution in [0, 0.1) is 50.2 Å². The Bertz CT molecular complexity index is 1760. The number of carbonyl (C=O) groups excluding carboxylic acids is 5. The molecule has 60 heavy (non-hydrogen) atoms. The van der Waals surface area contributed by atoms with Gasteiger partial charge in [-0.05, 0) is 109 Å². The van der Waals surface area contributed by atoms with Gasteiger partial charge < -0.3 is 33.2 Å². The number of hydrogen-bond acceptors (Lipinski definition) is 12. The Hall–Kier alpha value is -2.12. The highest BCUT2D eigenvalue weighted by atomic mass is 35.6. The summed E-state index contributed by atoms with van der Waals surface area (Å²) < 4.78 is 37.9. The summed E-state index contributed by atoms with van der Waals surface area (Å²) in [5.41, 5.74) is 1.28. The molecular weight excluding hydrogens is 839 g/mol. The van der Waals surface area contributed by atoms with Crippen LogP contribution in [0.15, 0.2) is 11.6 Å². The molecule has 1 saturated heterocycles. The molecule has 0 spiro atoms. The number of allylic oxidation sites excluding steroid dienone is 2. The van der Waals surface area contributed by atoms with Crippen LogP contribution in [-0.4, -0.2) is 84.2 Å². The molecule has 1 heterocycles. The van der Waals surface area contributed by atoms with E-state index in [4.69, 9.17) is 68.0 Å². The zero-order chi connectivity index (χ0) is 44.6. The lowest BCUT2D eigenvalue weighted by Crippen LogP contribution is -2.67. The van der Waals surface area contributed by atoms with Crippen LogP contribution in [0.4, 0.5) is 0 Å². The van der Waals surface area contributed by atoms with E-state index in [0.29, 0.717) is 24.9 Å². The highest BCUT2D eigenvalue weighted by Gasteiger charge is 2.69. The van der Waals surface area contributed by atoms with E-state index in [0.717, 1.165) is 72.3 Å². The number of carbonyl (C=O) groups is 5. The van der Waals surface area contributed by atoms with Gasteiger partial charge in [-0.15, -0.1) is 0 Å². The summed E-state index contributed by atoms with van der Waals surface area (Å²) in [5, 5.41) is 0. The normalized spacial score (nSPS) is 43.3. The molecule has 338 valence electrons. The first-order valence-electron chi connectivity index (χ1n) is 21.5. The van der Waals surface area contributed by atoms with E-state index in [1.165, 1.54) is 13.3 Å². The molecule has 0 unspecified atom stereocenters.